The van der Waals surface area contributed by atoms with E-state index in [4.69, 9.17) is 0 Å². The number of nitrogens with zero attached hydrogens (tertiary/aromatic N) is 1. The Balaban J connectivity index is 2.13. The van der Waals surface area contributed by atoms with Gasteiger partial charge in [-0.3, -0.25) is 5.32 Å². The summed E-state index contributed by atoms with van der Waals surface area (Å²) in [7, 11) is 0. The average Bonchev–Trinajstić information content (AvgIpc) is 2.80. The van der Waals surface area contributed by atoms with Crippen molar-refractivity contribution >= 4 is 6.03 Å². The van der Waals surface area contributed by atoms with Crippen molar-refractivity contribution < 1.29 is 19.6 Å². The molecule has 0 aromatic carbocycles. The molecule has 6 nitrogen and oxygen atoms in total. The topological polar surface area (TPSA) is 85.5 Å². The van der Waals surface area contributed by atoms with Gasteiger partial charge in [-0.1, -0.05) is 89.4 Å². The molecule has 32 heavy (non-hydrogen) atoms. The Morgan fingerprint density at radius 3 is 2.03 bits per heavy atom. The molecule has 0 aliphatic rings. The van der Waals surface area contributed by atoms with Crippen LogP contribution in [0.1, 0.15) is 97.1 Å². The molecular weight excluding hydrogens is 402 g/mol. The highest BCUT2D eigenvalue weighted by Crippen LogP contribution is 2.12. The highest BCUT2D eigenvalue weighted by atomic mass is 16.3. The number of carbonyl (C=O) groups excluding carboxylic acids is 1. The van der Waals surface area contributed by atoms with Gasteiger partial charge in [0.2, 0.25) is 6.17 Å². The fraction of sp³-hybridized carbons (Fsp3) is 0.692. The number of aromatic nitrogens is 1. The molecule has 1 heterocycles. The molecule has 0 spiro atoms. The Kier molecular flexibility index (Phi) is 16.4. The number of carbonyl (C=O) groups is 1. The van der Waals surface area contributed by atoms with E-state index in [9.17, 15) is 15.0 Å². The van der Waals surface area contributed by atoms with Crippen LogP contribution in [-0.4, -0.2) is 35.0 Å². The van der Waals surface area contributed by atoms with Gasteiger partial charge in [0.25, 0.3) is 0 Å². The summed E-state index contributed by atoms with van der Waals surface area (Å²) in [6.45, 7) is 3.78. The number of rotatable bonds is 18. The summed E-state index contributed by atoms with van der Waals surface area (Å²) in [5.74, 6) is 0. The Bertz CT molecular complexity index is 610. The Labute approximate surface area is 195 Å². The van der Waals surface area contributed by atoms with Gasteiger partial charge in [0.05, 0.1) is 18.8 Å². The summed E-state index contributed by atoms with van der Waals surface area (Å²) in [4.78, 5) is 12.2. The maximum atomic E-state index is 12.2. The summed E-state index contributed by atoms with van der Waals surface area (Å²) < 4.78 is 1.86. The molecule has 6 heteroatoms. The minimum Gasteiger partial charge on any atom is -0.394 e. The number of nitrogens with one attached hydrogen (secondary N) is 2. The van der Waals surface area contributed by atoms with Crippen LogP contribution in [0.15, 0.2) is 42.7 Å². The Hall–Kier alpha value is -1.92. The lowest BCUT2D eigenvalue weighted by atomic mass is 10.0. The van der Waals surface area contributed by atoms with Crippen molar-refractivity contribution in [3.63, 3.8) is 0 Å². The first kappa shape index (κ1) is 28.1. The van der Waals surface area contributed by atoms with E-state index in [2.05, 4.69) is 17.6 Å². The smallest absolute Gasteiger partial charge is 0.320 e. The van der Waals surface area contributed by atoms with Crippen molar-refractivity contribution in [1.82, 2.24) is 10.6 Å². The van der Waals surface area contributed by atoms with Crippen LogP contribution in [0.5, 0.6) is 0 Å². The molecule has 1 rings (SSSR count). The van der Waals surface area contributed by atoms with Crippen LogP contribution in [0.25, 0.3) is 0 Å². The van der Waals surface area contributed by atoms with Gasteiger partial charge >= 0.3 is 6.03 Å². The van der Waals surface area contributed by atoms with Gasteiger partial charge in [0, 0.05) is 19.1 Å². The SMILES string of the molecule is CCCCCCCCCCCCC/C=C/[C@@H](O)[C@H](CO)NC(=O)NC(C)[n+]1ccccc1. The van der Waals surface area contributed by atoms with E-state index < -0.39 is 18.2 Å². The van der Waals surface area contributed by atoms with Crippen molar-refractivity contribution in [2.45, 2.75) is 109 Å². The van der Waals surface area contributed by atoms with Crippen molar-refractivity contribution in [3.05, 3.63) is 42.7 Å². The van der Waals surface area contributed by atoms with Crippen LogP contribution in [0, 0.1) is 0 Å². The van der Waals surface area contributed by atoms with Crippen LogP contribution in [-0.2, 0) is 0 Å². The van der Waals surface area contributed by atoms with Gasteiger partial charge in [-0.15, -0.1) is 0 Å². The molecule has 0 aliphatic heterocycles. The molecule has 0 fully saturated rings. The molecule has 0 saturated carbocycles. The maximum absolute atomic E-state index is 12.2. The van der Waals surface area contributed by atoms with Crippen molar-refractivity contribution in [2.24, 2.45) is 0 Å². The first-order valence-electron chi connectivity index (χ1n) is 12.6. The Morgan fingerprint density at radius 2 is 1.47 bits per heavy atom. The predicted molar refractivity (Wildman–Crippen MR) is 130 cm³/mol. The third-order valence-corrected chi connectivity index (χ3v) is 5.76. The second kappa shape index (κ2) is 18.6. The average molecular weight is 449 g/mol. The molecule has 1 aromatic rings. The van der Waals surface area contributed by atoms with Crippen LogP contribution < -0.4 is 15.2 Å². The van der Waals surface area contributed by atoms with E-state index in [1.807, 2.05) is 48.2 Å². The summed E-state index contributed by atoms with van der Waals surface area (Å²) in [6, 6.07) is 4.51. The fourth-order valence-corrected chi connectivity index (χ4v) is 3.68. The second-order valence-corrected chi connectivity index (χ2v) is 8.65. The molecule has 0 radical (unpaired) electrons. The zero-order valence-corrected chi connectivity index (χ0v) is 20.2. The lowest BCUT2D eigenvalue weighted by Gasteiger charge is -2.20. The van der Waals surface area contributed by atoms with Gasteiger partial charge in [0.1, 0.15) is 0 Å². The van der Waals surface area contributed by atoms with Gasteiger partial charge in [0.15, 0.2) is 12.4 Å². The van der Waals surface area contributed by atoms with Crippen LogP contribution in [0.2, 0.25) is 0 Å². The zero-order valence-electron chi connectivity index (χ0n) is 20.2. The number of unbranched alkanes of at least 4 members (excludes halogenated alkanes) is 11. The number of aliphatic hydroxyl groups excluding tert-OH is 2. The maximum Gasteiger partial charge on any atom is 0.320 e. The third-order valence-electron chi connectivity index (χ3n) is 5.76. The molecule has 2 amide bonds. The van der Waals surface area contributed by atoms with Crippen molar-refractivity contribution in [1.29, 1.82) is 0 Å². The fourth-order valence-electron chi connectivity index (χ4n) is 3.68. The first-order chi connectivity index (χ1) is 15.6. The van der Waals surface area contributed by atoms with E-state index in [-0.39, 0.29) is 12.8 Å². The number of urea groups is 1. The molecule has 0 saturated heterocycles. The normalized spacial score (nSPS) is 14.2. The molecule has 0 aliphatic carbocycles. The minimum atomic E-state index is -0.918. The van der Waals surface area contributed by atoms with Crippen LogP contribution >= 0.6 is 0 Å². The van der Waals surface area contributed by atoms with E-state index in [1.165, 1.54) is 64.2 Å². The minimum absolute atomic E-state index is 0.246. The molecule has 182 valence electrons. The number of hydrogen-bond donors (Lipinski definition) is 4. The van der Waals surface area contributed by atoms with Gasteiger partial charge in [-0.2, -0.15) is 4.57 Å². The number of hydrogen-bond acceptors (Lipinski definition) is 3. The highest BCUT2D eigenvalue weighted by Gasteiger charge is 2.21. The summed E-state index contributed by atoms with van der Waals surface area (Å²) in [5.41, 5.74) is 0. The van der Waals surface area contributed by atoms with E-state index >= 15 is 0 Å². The summed E-state index contributed by atoms with van der Waals surface area (Å²) >= 11 is 0. The van der Waals surface area contributed by atoms with E-state index in [0.29, 0.717) is 0 Å². The predicted octanol–water partition coefficient (Wildman–Crippen LogP) is 4.77. The van der Waals surface area contributed by atoms with Gasteiger partial charge in [-0.25, -0.2) is 4.79 Å². The molecule has 3 atom stereocenters. The first-order valence-corrected chi connectivity index (χ1v) is 12.6. The van der Waals surface area contributed by atoms with Crippen LogP contribution in [0.4, 0.5) is 4.79 Å². The standard InChI is InChI=1S/C26H45N3O3/c1-3-4-5-6-7-8-9-10-11-12-13-14-16-19-25(31)24(22-30)28-26(32)27-23(2)29-20-17-15-18-21-29/h15-21,23-25,30-31H,3-14,22H2,1-2H3,(H-,27,28,32)/p+1/b19-16+/t23?,24-,25+/m0/s1. The largest absolute Gasteiger partial charge is 0.394 e. The second-order valence-electron chi connectivity index (χ2n) is 8.65. The molecule has 1 unspecified atom stereocenters. The summed E-state index contributed by atoms with van der Waals surface area (Å²) in [6.07, 6.45) is 21.5. The molecule has 1 aromatic heterocycles. The third kappa shape index (κ3) is 13.5. The van der Waals surface area contributed by atoms with Crippen LogP contribution in [0.3, 0.4) is 0 Å². The molecular formula is C26H46N3O3+. The lowest BCUT2D eigenvalue weighted by molar-refractivity contribution is -0.723. The molecule has 0 bridgehead atoms. The monoisotopic (exact) mass is 448 g/mol. The Morgan fingerprint density at radius 1 is 0.906 bits per heavy atom. The number of aliphatic hydroxyl groups is 2. The van der Waals surface area contributed by atoms with Crippen molar-refractivity contribution in [3.8, 4) is 0 Å². The van der Waals surface area contributed by atoms with Gasteiger partial charge in [-0.05, 0) is 12.8 Å². The summed E-state index contributed by atoms with van der Waals surface area (Å²) in [5, 5.41) is 25.3. The van der Waals surface area contributed by atoms with E-state index in [0.717, 1.165) is 12.8 Å². The van der Waals surface area contributed by atoms with Crippen molar-refractivity contribution in [2.75, 3.05) is 6.61 Å². The van der Waals surface area contributed by atoms with E-state index in [1.54, 1.807) is 6.08 Å². The lowest BCUT2D eigenvalue weighted by Crippen LogP contribution is -2.54. The zero-order chi connectivity index (χ0) is 23.4. The number of allylic oxidation sites excluding steroid dienone is 1. The van der Waals surface area contributed by atoms with Gasteiger partial charge < -0.3 is 15.5 Å². The number of pyridine rings is 1. The quantitative estimate of drug-likeness (QED) is 0.148. The molecule has 4 N–H and O–H groups in total. The number of amides is 2. The highest BCUT2D eigenvalue weighted by molar-refractivity contribution is 5.74.